The van der Waals surface area contributed by atoms with Crippen LogP contribution in [0.1, 0.15) is 62.9 Å². The van der Waals surface area contributed by atoms with Gasteiger partial charge < -0.3 is 25.3 Å². The molecule has 3 N–H and O–H groups in total. The van der Waals surface area contributed by atoms with Crippen molar-refractivity contribution in [3.8, 4) is 11.8 Å². The topological polar surface area (TPSA) is 127 Å². The molecule has 3 heterocycles. The number of nitrogens with one attached hydrogen (secondary N) is 3. The smallest absolute Gasteiger partial charge is 0.271 e. The van der Waals surface area contributed by atoms with Crippen molar-refractivity contribution >= 4 is 28.6 Å². The average Bonchev–Trinajstić information content (AvgIpc) is 3.50. The van der Waals surface area contributed by atoms with E-state index in [1.165, 1.54) is 0 Å². The molecule has 1 saturated carbocycles. The van der Waals surface area contributed by atoms with Gasteiger partial charge in [0, 0.05) is 28.9 Å². The lowest BCUT2D eigenvalue weighted by Crippen LogP contribution is -2.49. The molecule has 36 heavy (non-hydrogen) atoms. The number of carbonyl (C=O) groups is 3. The molecule has 0 bridgehead atoms. The number of hydrogen-bond donors (Lipinski definition) is 3. The third-order valence-corrected chi connectivity index (χ3v) is 8.14. The van der Waals surface area contributed by atoms with E-state index in [0.717, 1.165) is 30.2 Å². The predicted octanol–water partition coefficient (Wildman–Crippen LogP) is 2.87. The summed E-state index contributed by atoms with van der Waals surface area (Å²) in [4.78, 5) is 44.3. The number of carbonyl (C=O) groups excluding carboxylic acids is 3. The number of aromatic nitrogens is 1. The van der Waals surface area contributed by atoms with Gasteiger partial charge in [-0.1, -0.05) is 12.5 Å². The van der Waals surface area contributed by atoms with E-state index in [1.807, 2.05) is 32.0 Å². The van der Waals surface area contributed by atoms with Crippen molar-refractivity contribution in [3.05, 3.63) is 30.0 Å². The van der Waals surface area contributed by atoms with Gasteiger partial charge in [0.2, 0.25) is 11.8 Å². The Bertz CT molecular complexity index is 1250. The van der Waals surface area contributed by atoms with Crippen LogP contribution in [0.3, 0.4) is 0 Å². The van der Waals surface area contributed by atoms with Gasteiger partial charge in [-0.15, -0.1) is 0 Å². The van der Waals surface area contributed by atoms with Gasteiger partial charge in [0.1, 0.15) is 23.5 Å². The molecule has 0 radical (unpaired) electrons. The van der Waals surface area contributed by atoms with E-state index < -0.39 is 12.1 Å². The summed E-state index contributed by atoms with van der Waals surface area (Å²) >= 11 is 0. The highest BCUT2D eigenvalue weighted by Gasteiger charge is 2.52. The number of hydrogen-bond acceptors (Lipinski definition) is 5. The van der Waals surface area contributed by atoms with Gasteiger partial charge in [0.25, 0.3) is 5.91 Å². The van der Waals surface area contributed by atoms with E-state index in [2.05, 4.69) is 21.7 Å². The maximum Gasteiger partial charge on any atom is 0.271 e. The van der Waals surface area contributed by atoms with Crippen LogP contribution in [0.15, 0.2) is 24.3 Å². The van der Waals surface area contributed by atoms with Crippen LogP contribution in [0.2, 0.25) is 0 Å². The van der Waals surface area contributed by atoms with Crippen LogP contribution in [-0.4, -0.2) is 58.9 Å². The van der Waals surface area contributed by atoms with E-state index in [1.54, 1.807) is 18.1 Å². The number of aromatic amines is 1. The van der Waals surface area contributed by atoms with Crippen molar-refractivity contribution in [2.75, 3.05) is 13.7 Å². The Labute approximate surface area is 210 Å². The third-order valence-electron chi connectivity index (χ3n) is 8.14. The van der Waals surface area contributed by atoms with E-state index in [0.29, 0.717) is 30.8 Å². The van der Waals surface area contributed by atoms with Crippen LogP contribution in [-0.2, 0) is 9.59 Å². The summed E-state index contributed by atoms with van der Waals surface area (Å²) in [5.74, 6) is -0.307. The fourth-order valence-electron chi connectivity index (χ4n) is 6.20. The minimum atomic E-state index is -0.797. The van der Waals surface area contributed by atoms with Gasteiger partial charge in [-0.3, -0.25) is 14.4 Å². The maximum atomic E-state index is 13.7. The van der Waals surface area contributed by atoms with Crippen LogP contribution >= 0.6 is 0 Å². The van der Waals surface area contributed by atoms with Crippen molar-refractivity contribution in [1.82, 2.24) is 20.5 Å². The molecule has 1 aliphatic carbocycles. The number of methoxy groups -OCH3 is 1. The summed E-state index contributed by atoms with van der Waals surface area (Å²) in [6.45, 7) is 4.42. The molecule has 0 unspecified atom stereocenters. The minimum absolute atomic E-state index is 0.0428. The SMILES string of the molecule is COc1cccc2[nH]c(C(=O)N3CC4(CCC4)C[C@H]3C(=O)N[C@H](C#N)C[C@@H]3CC(C)(C)NC3=O)cc12. The Morgan fingerprint density at radius 1 is 1.31 bits per heavy atom. The van der Waals surface area contributed by atoms with Gasteiger partial charge in [0.15, 0.2) is 0 Å². The van der Waals surface area contributed by atoms with E-state index in [9.17, 15) is 19.6 Å². The molecule has 190 valence electrons. The van der Waals surface area contributed by atoms with Crippen molar-refractivity contribution in [2.24, 2.45) is 11.3 Å². The molecule has 1 spiro atoms. The molecule has 3 amide bonds. The van der Waals surface area contributed by atoms with Gasteiger partial charge in [-0.2, -0.15) is 5.26 Å². The second-order valence-corrected chi connectivity index (χ2v) is 11.3. The maximum absolute atomic E-state index is 13.7. The number of amides is 3. The lowest BCUT2D eigenvalue weighted by atomic mass is 9.67. The summed E-state index contributed by atoms with van der Waals surface area (Å²) in [6.07, 6.45) is 4.52. The Morgan fingerprint density at radius 3 is 2.69 bits per heavy atom. The highest BCUT2D eigenvalue weighted by Crippen LogP contribution is 2.50. The number of H-pyrrole nitrogens is 1. The largest absolute Gasteiger partial charge is 0.496 e. The quantitative estimate of drug-likeness (QED) is 0.573. The second kappa shape index (κ2) is 8.84. The Hall–Kier alpha value is -3.54. The molecule has 2 aliphatic heterocycles. The molecule has 9 nitrogen and oxygen atoms in total. The highest BCUT2D eigenvalue weighted by molar-refractivity contribution is 6.02. The molecule has 3 aliphatic rings. The second-order valence-electron chi connectivity index (χ2n) is 11.3. The summed E-state index contributed by atoms with van der Waals surface area (Å²) in [6, 6.07) is 8.05. The molecule has 2 saturated heterocycles. The van der Waals surface area contributed by atoms with Gasteiger partial charge in [-0.25, -0.2) is 0 Å². The van der Waals surface area contributed by atoms with Crippen molar-refractivity contribution in [3.63, 3.8) is 0 Å². The van der Waals surface area contributed by atoms with E-state index in [-0.39, 0.29) is 41.0 Å². The first-order chi connectivity index (χ1) is 17.1. The fraction of sp³-hybridized carbons (Fsp3) is 0.556. The summed E-state index contributed by atoms with van der Waals surface area (Å²) < 4.78 is 5.43. The van der Waals surface area contributed by atoms with Gasteiger partial charge in [-0.05, 0) is 69.6 Å². The van der Waals surface area contributed by atoms with Crippen LogP contribution in [0, 0.1) is 22.7 Å². The zero-order valence-electron chi connectivity index (χ0n) is 21.0. The zero-order chi connectivity index (χ0) is 25.7. The number of rotatable bonds is 6. The molecule has 1 aromatic carbocycles. The first-order valence-corrected chi connectivity index (χ1v) is 12.6. The first kappa shape index (κ1) is 24.2. The van der Waals surface area contributed by atoms with Gasteiger partial charge >= 0.3 is 0 Å². The Kier molecular flexibility index (Phi) is 5.93. The van der Waals surface area contributed by atoms with Crippen LogP contribution in [0.5, 0.6) is 5.75 Å². The van der Waals surface area contributed by atoms with E-state index >= 15 is 0 Å². The summed E-state index contributed by atoms with van der Waals surface area (Å²) in [5, 5.41) is 16.3. The molecule has 3 atom stereocenters. The standard InChI is InChI=1S/C27H33N5O4/c1-26(2)12-16(23(33)31-26)10-17(14-28)29-24(34)21-13-27(8-5-9-27)15-32(21)25(35)20-11-18-19(30-20)6-4-7-22(18)36-3/h4,6-7,11,16-17,21,30H,5,8-10,12-13,15H2,1-3H3,(H,29,34)(H,31,33)/t16-,17+,21+/m1/s1. The molecular formula is C27H33N5O4. The van der Waals surface area contributed by atoms with Crippen molar-refractivity contribution in [1.29, 1.82) is 5.26 Å². The number of ether oxygens (including phenoxy) is 1. The fourth-order valence-corrected chi connectivity index (χ4v) is 6.20. The number of likely N-dealkylation sites (tertiary alicyclic amines) is 1. The number of fused-ring (bicyclic) bond motifs is 1. The minimum Gasteiger partial charge on any atom is -0.496 e. The number of nitrogens with zero attached hydrogens (tertiary/aromatic N) is 2. The Balaban J connectivity index is 1.34. The molecule has 9 heteroatoms. The van der Waals surface area contributed by atoms with Gasteiger partial charge in [0.05, 0.1) is 13.2 Å². The van der Waals surface area contributed by atoms with Crippen LogP contribution in [0.25, 0.3) is 10.9 Å². The first-order valence-electron chi connectivity index (χ1n) is 12.6. The average molecular weight is 492 g/mol. The zero-order valence-corrected chi connectivity index (χ0v) is 21.0. The number of nitriles is 1. The molecule has 5 rings (SSSR count). The normalized spacial score (nSPS) is 24.7. The molecular weight excluding hydrogens is 458 g/mol. The lowest BCUT2D eigenvalue weighted by molar-refractivity contribution is -0.126. The van der Waals surface area contributed by atoms with Crippen molar-refractivity contribution < 1.29 is 19.1 Å². The lowest BCUT2D eigenvalue weighted by Gasteiger charge is -2.37. The Morgan fingerprint density at radius 2 is 2.08 bits per heavy atom. The van der Waals surface area contributed by atoms with E-state index in [4.69, 9.17) is 4.74 Å². The molecule has 3 fully saturated rings. The van der Waals surface area contributed by atoms with Crippen LogP contribution < -0.4 is 15.4 Å². The van der Waals surface area contributed by atoms with Crippen LogP contribution in [0.4, 0.5) is 0 Å². The highest BCUT2D eigenvalue weighted by atomic mass is 16.5. The monoisotopic (exact) mass is 491 g/mol. The summed E-state index contributed by atoms with van der Waals surface area (Å²) in [7, 11) is 1.59. The predicted molar refractivity (Wildman–Crippen MR) is 133 cm³/mol. The molecule has 2 aromatic rings. The number of benzene rings is 1. The third kappa shape index (κ3) is 4.29. The molecule has 1 aromatic heterocycles. The summed E-state index contributed by atoms with van der Waals surface area (Å²) in [5.41, 5.74) is 0.835. The van der Waals surface area contributed by atoms with Crippen molar-refractivity contribution in [2.45, 2.75) is 70.0 Å².